The molecule has 94 valence electrons. The summed E-state index contributed by atoms with van der Waals surface area (Å²) in [5, 5.41) is 17.7. The van der Waals surface area contributed by atoms with Gasteiger partial charge in [-0.15, -0.1) is 10.2 Å². The van der Waals surface area contributed by atoms with Crippen molar-refractivity contribution in [3.63, 3.8) is 0 Å². The molecule has 0 aliphatic rings. The molecule has 1 N–H and O–H groups in total. The summed E-state index contributed by atoms with van der Waals surface area (Å²) in [6.07, 6.45) is 1.54. The van der Waals surface area contributed by atoms with Crippen LogP contribution in [0.3, 0.4) is 0 Å². The monoisotopic (exact) mass is 245 g/mol. The number of aromatic nitrogens is 4. The second kappa shape index (κ2) is 6.48. The Morgan fingerprint density at radius 2 is 2.17 bits per heavy atom. The first-order valence-corrected chi connectivity index (χ1v) is 5.80. The summed E-state index contributed by atoms with van der Waals surface area (Å²) in [6, 6.07) is 9.93. The van der Waals surface area contributed by atoms with Gasteiger partial charge in [-0.2, -0.15) is 5.21 Å². The molecule has 1 heterocycles. The van der Waals surface area contributed by atoms with Crippen LogP contribution in [0.5, 0.6) is 0 Å². The summed E-state index contributed by atoms with van der Waals surface area (Å²) >= 11 is 0. The van der Waals surface area contributed by atoms with Gasteiger partial charge in [0.25, 0.3) is 0 Å². The molecule has 0 radical (unpaired) electrons. The summed E-state index contributed by atoms with van der Waals surface area (Å²) in [7, 11) is 0. The normalized spacial score (nSPS) is 11.5. The van der Waals surface area contributed by atoms with Crippen LogP contribution >= 0.6 is 0 Å². The van der Waals surface area contributed by atoms with Crippen molar-refractivity contribution in [3.8, 4) is 0 Å². The molecule has 6 nitrogen and oxygen atoms in total. The summed E-state index contributed by atoms with van der Waals surface area (Å²) in [5.41, 5.74) is 1.94. The molecule has 0 unspecified atom stereocenters. The number of tetrazole rings is 1. The number of nitrogens with one attached hydrogen (secondary N) is 1. The van der Waals surface area contributed by atoms with Crippen molar-refractivity contribution < 1.29 is 4.84 Å². The van der Waals surface area contributed by atoms with Crippen LogP contribution in [0.25, 0.3) is 0 Å². The first kappa shape index (κ1) is 12.2. The molecule has 0 aliphatic heterocycles. The smallest absolute Gasteiger partial charge is 0.174 e. The number of aromatic amines is 1. The van der Waals surface area contributed by atoms with Crippen LogP contribution in [0.1, 0.15) is 24.7 Å². The maximum atomic E-state index is 5.25. The summed E-state index contributed by atoms with van der Waals surface area (Å²) in [4.78, 5) is 5.25. The Morgan fingerprint density at radius 3 is 2.89 bits per heavy atom. The Bertz CT molecular complexity index is 480. The quantitative estimate of drug-likeness (QED) is 0.476. The van der Waals surface area contributed by atoms with Crippen molar-refractivity contribution in [2.75, 3.05) is 6.61 Å². The van der Waals surface area contributed by atoms with E-state index in [2.05, 4.69) is 25.8 Å². The summed E-state index contributed by atoms with van der Waals surface area (Å²) < 4.78 is 0. The third-order valence-corrected chi connectivity index (χ3v) is 2.42. The Kier molecular flexibility index (Phi) is 4.40. The average molecular weight is 245 g/mol. The molecule has 18 heavy (non-hydrogen) atoms. The van der Waals surface area contributed by atoms with Crippen LogP contribution < -0.4 is 0 Å². The van der Waals surface area contributed by atoms with E-state index in [4.69, 9.17) is 4.84 Å². The fraction of sp³-hybridized carbons (Fsp3) is 0.333. The molecule has 0 atom stereocenters. The van der Waals surface area contributed by atoms with E-state index in [1.807, 2.05) is 37.3 Å². The van der Waals surface area contributed by atoms with Crippen LogP contribution in [0.4, 0.5) is 0 Å². The predicted molar refractivity (Wildman–Crippen MR) is 67.1 cm³/mol. The van der Waals surface area contributed by atoms with Gasteiger partial charge in [-0.1, -0.05) is 40.7 Å². The third kappa shape index (κ3) is 3.65. The van der Waals surface area contributed by atoms with Crippen molar-refractivity contribution in [1.29, 1.82) is 0 Å². The third-order valence-electron chi connectivity index (χ3n) is 2.42. The lowest BCUT2D eigenvalue weighted by molar-refractivity contribution is 0.141. The van der Waals surface area contributed by atoms with E-state index in [0.29, 0.717) is 12.4 Å². The minimum absolute atomic E-state index is 0.540. The first-order valence-electron chi connectivity index (χ1n) is 5.80. The highest BCUT2D eigenvalue weighted by Crippen LogP contribution is 2.01. The molecule has 2 aromatic rings. The van der Waals surface area contributed by atoms with Crippen LogP contribution in [0.15, 0.2) is 35.5 Å². The van der Waals surface area contributed by atoms with Gasteiger partial charge in [0.15, 0.2) is 5.82 Å². The Balaban J connectivity index is 1.71. The van der Waals surface area contributed by atoms with Crippen molar-refractivity contribution in [1.82, 2.24) is 20.6 Å². The van der Waals surface area contributed by atoms with Crippen molar-refractivity contribution in [3.05, 3.63) is 41.7 Å². The zero-order valence-corrected chi connectivity index (χ0v) is 10.2. The van der Waals surface area contributed by atoms with E-state index >= 15 is 0 Å². The van der Waals surface area contributed by atoms with Crippen LogP contribution in [0, 0.1) is 0 Å². The van der Waals surface area contributed by atoms with E-state index in [0.717, 1.165) is 24.1 Å². The predicted octanol–water partition coefficient (Wildman–Crippen LogP) is 1.57. The number of hydrogen-bond donors (Lipinski definition) is 1. The zero-order chi connectivity index (χ0) is 12.6. The molecule has 1 aromatic carbocycles. The molecule has 2 rings (SSSR count). The van der Waals surface area contributed by atoms with Crippen LogP contribution in [0.2, 0.25) is 0 Å². The Morgan fingerprint density at radius 1 is 1.33 bits per heavy atom. The topological polar surface area (TPSA) is 76.1 Å². The number of rotatable bonds is 6. The largest absolute Gasteiger partial charge is 0.396 e. The fourth-order valence-corrected chi connectivity index (χ4v) is 1.46. The number of hydrogen-bond acceptors (Lipinski definition) is 5. The van der Waals surface area contributed by atoms with Crippen molar-refractivity contribution in [2.45, 2.75) is 19.8 Å². The lowest BCUT2D eigenvalue weighted by Crippen LogP contribution is -1.99. The maximum Gasteiger partial charge on any atom is 0.174 e. The molecule has 6 heteroatoms. The lowest BCUT2D eigenvalue weighted by atomic mass is 10.1. The molecule has 0 saturated heterocycles. The Hall–Kier alpha value is -2.24. The molecule has 0 spiro atoms. The molecule has 0 bridgehead atoms. The average Bonchev–Trinajstić information content (AvgIpc) is 2.92. The molecule has 0 fully saturated rings. The molecule has 0 amide bonds. The van der Waals surface area contributed by atoms with Crippen LogP contribution in [-0.4, -0.2) is 32.9 Å². The second-order valence-electron chi connectivity index (χ2n) is 3.81. The van der Waals surface area contributed by atoms with Crippen LogP contribution in [-0.2, 0) is 11.3 Å². The van der Waals surface area contributed by atoms with Gasteiger partial charge in [0.1, 0.15) is 6.61 Å². The van der Waals surface area contributed by atoms with E-state index in [1.165, 1.54) is 0 Å². The molecule has 1 aromatic heterocycles. The number of oxime groups is 1. The first-order chi connectivity index (χ1) is 8.86. The lowest BCUT2D eigenvalue weighted by Gasteiger charge is -2.01. The van der Waals surface area contributed by atoms with Crippen molar-refractivity contribution in [2.24, 2.45) is 5.16 Å². The maximum absolute atomic E-state index is 5.25. The van der Waals surface area contributed by atoms with Gasteiger partial charge in [0.2, 0.25) is 0 Å². The standard InChI is InChI=1S/C12H15N5O/c1-10(11-6-3-2-4-7-11)15-18-9-5-8-12-13-16-17-14-12/h2-4,6-7H,5,8-9H2,1H3,(H,13,14,16,17). The second-order valence-corrected chi connectivity index (χ2v) is 3.81. The number of benzene rings is 1. The van der Waals surface area contributed by atoms with Gasteiger partial charge in [-0.3, -0.25) is 0 Å². The van der Waals surface area contributed by atoms with Gasteiger partial charge in [-0.25, -0.2) is 0 Å². The van der Waals surface area contributed by atoms with E-state index in [9.17, 15) is 0 Å². The minimum Gasteiger partial charge on any atom is -0.396 e. The molecule has 0 aliphatic carbocycles. The highest BCUT2D eigenvalue weighted by Gasteiger charge is 1.98. The van der Waals surface area contributed by atoms with E-state index in [-0.39, 0.29) is 0 Å². The van der Waals surface area contributed by atoms with Gasteiger partial charge in [0.05, 0.1) is 5.71 Å². The summed E-state index contributed by atoms with van der Waals surface area (Å²) in [5.74, 6) is 0.697. The number of nitrogens with zero attached hydrogens (tertiary/aromatic N) is 4. The number of aryl methyl sites for hydroxylation is 1. The van der Waals surface area contributed by atoms with Crippen molar-refractivity contribution >= 4 is 5.71 Å². The van der Waals surface area contributed by atoms with E-state index < -0.39 is 0 Å². The minimum atomic E-state index is 0.540. The highest BCUT2D eigenvalue weighted by molar-refractivity contribution is 5.98. The van der Waals surface area contributed by atoms with Gasteiger partial charge in [-0.05, 0) is 18.9 Å². The van der Waals surface area contributed by atoms with Gasteiger partial charge < -0.3 is 4.84 Å². The number of H-pyrrole nitrogens is 1. The SMILES string of the molecule is CC(=NOCCCc1nn[nH]n1)c1ccccc1. The van der Waals surface area contributed by atoms with E-state index in [1.54, 1.807) is 0 Å². The molecule has 0 saturated carbocycles. The highest BCUT2D eigenvalue weighted by atomic mass is 16.6. The fourth-order valence-electron chi connectivity index (χ4n) is 1.46. The molecular formula is C12H15N5O. The molecular weight excluding hydrogens is 230 g/mol. The zero-order valence-electron chi connectivity index (χ0n) is 10.2. The van der Waals surface area contributed by atoms with Gasteiger partial charge in [0, 0.05) is 6.42 Å². The Labute approximate surface area is 105 Å². The van der Waals surface area contributed by atoms with Gasteiger partial charge >= 0.3 is 0 Å². The summed E-state index contributed by atoms with van der Waals surface area (Å²) in [6.45, 7) is 2.47.